The third-order valence-electron chi connectivity index (χ3n) is 4.95. The molecule has 0 radical (unpaired) electrons. The maximum Gasteiger partial charge on any atom is 0.338 e. The Morgan fingerprint density at radius 1 is 1.10 bits per heavy atom. The maximum atomic E-state index is 12.8. The average Bonchev–Trinajstić information content (AvgIpc) is 2.78. The molecular weight excluding hydrogens is 426 g/mol. The molecule has 0 bridgehead atoms. The molecule has 0 atom stereocenters. The van der Waals surface area contributed by atoms with Crippen LogP contribution in [0.4, 0.5) is 4.79 Å². The first-order valence-electron chi connectivity index (χ1n) is 10.0. The van der Waals surface area contributed by atoms with Gasteiger partial charge in [-0.05, 0) is 38.0 Å². The van der Waals surface area contributed by atoms with Gasteiger partial charge in [-0.25, -0.2) is 22.8 Å². The van der Waals surface area contributed by atoms with Crippen LogP contribution in [0.3, 0.4) is 0 Å². The molecule has 10 nitrogen and oxygen atoms in total. The summed E-state index contributed by atoms with van der Waals surface area (Å²) in [6.07, 6.45) is 2.60. The highest BCUT2D eigenvalue weighted by Gasteiger charge is 2.27. The van der Waals surface area contributed by atoms with Crippen LogP contribution in [0.5, 0.6) is 0 Å². The second-order valence-electron chi connectivity index (χ2n) is 7.05. The number of esters is 2. The van der Waals surface area contributed by atoms with Crippen LogP contribution in [0.15, 0.2) is 40.4 Å². The largest absolute Gasteiger partial charge is 0.463 e. The Morgan fingerprint density at radius 2 is 1.84 bits per heavy atom. The lowest BCUT2D eigenvalue weighted by atomic mass is 10.1. The van der Waals surface area contributed by atoms with Crippen molar-refractivity contribution in [3.63, 3.8) is 0 Å². The van der Waals surface area contributed by atoms with Crippen molar-refractivity contribution in [1.29, 1.82) is 0 Å². The van der Waals surface area contributed by atoms with E-state index in [1.165, 1.54) is 28.6 Å². The summed E-state index contributed by atoms with van der Waals surface area (Å²) in [5, 5.41) is 4.90. The number of rotatable bonds is 7. The molecule has 2 N–H and O–H groups in total. The number of carbonyl (C=O) groups excluding carboxylic acids is 3. The first-order valence-corrected chi connectivity index (χ1v) is 11.5. The number of sulfonamides is 1. The second kappa shape index (κ2) is 9.92. The third kappa shape index (κ3) is 5.42. The Hall–Kier alpha value is -2.92. The number of urea groups is 1. The second-order valence-corrected chi connectivity index (χ2v) is 8.99. The predicted molar refractivity (Wildman–Crippen MR) is 110 cm³/mol. The molecule has 1 saturated heterocycles. The van der Waals surface area contributed by atoms with E-state index in [0.29, 0.717) is 13.1 Å². The minimum Gasteiger partial charge on any atom is -0.463 e. The van der Waals surface area contributed by atoms with Gasteiger partial charge in [-0.3, -0.25) is 0 Å². The predicted octanol–water partition coefficient (Wildman–Crippen LogP) is 1.15. The monoisotopic (exact) mass is 451 g/mol. The Labute approximate surface area is 180 Å². The molecule has 0 spiro atoms. The molecule has 0 aliphatic carbocycles. The van der Waals surface area contributed by atoms with Crippen LogP contribution in [0, 0.1) is 0 Å². The molecule has 2 aliphatic heterocycles. The smallest absolute Gasteiger partial charge is 0.338 e. The van der Waals surface area contributed by atoms with Crippen molar-refractivity contribution in [2.75, 3.05) is 32.8 Å². The van der Waals surface area contributed by atoms with Gasteiger partial charge in [0.1, 0.15) is 6.61 Å². The number of ether oxygens (including phenoxy) is 2. The molecule has 1 aromatic carbocycles. The first kappa shape index (κ1) is 22.8. The van der Waals surface area contributed by atoms with E-state index in [0.717, 1.165) is 19.3 Å². The molecule has 0 aromatic heterocycles. The maximum absolute atomic E-state index is 12.8. The van der Waals surface area contributed by atoms with Crippen LogP contribution in [0.25, 0.3) is 0 Å². The highest BCUT2D eigenvalue weighted by Crippen LogP contribution is 2.21. The van der Waals surface area contributed by atoms with Gasteiger partial charge >= 0.3 is 18.0 Å². The fourth-order valence-corrected chi connectivity index (χ4v) is 4.89. The minimum atomic E-state index is -3.70. The molecule has 1 aromatic rings. The van der Waals surface area contributed by atoms with Crippen LogP contribution < -0.4 is 10.6 Å². The zero-order chi connectivity index (χ0) is 22.4. The summed E-state index contributed by atoms with van der Waals surface area (Å²) >= 11 is 0. The fourth-order valence-electron chi connectivity index (χ4n) is 3.33. The molecule has 0 unspecified atom stereocenters. The average molecular weight is 452 g/mol. The summed E-state index contributed by atoms with van der Waals surface area (Å²) in [5.74, 6) is -1.41. The molecular formula is C20H25N3O7S. The summed E-state index contributed by atoms with van der Waals surface area (Å²) in [5.41, 5.74) is 0.319. The SMILES string of the molecule is CCOC(=O)C1=C(COC(=O)c2cccc(S(=O)(=O)N3CCCCC3)c2)NC(=O)NC1. The van der Waals surface area contributed by atoms with E-state index < -0.39 is 28.0 Å². The number of hydrogen-bond acceptors (Lipinski definition) is 7. The summed E-state index contributed by atoms with van der Waals surface area (Å²) in [6.45, 7) is 2.29. The summed E-state index contributed by atoms with van der Waals surface area (Å²) in [4.78, 5) is 36.2. The van der Waals surface area contributed by atoms with E-state index in [1.807, 2.05) is 0 Å². The first-order chi connectivity index (χ1) is 14.8. The van der Waals surface area contributed by atoms with E-state index in [4.69, 9.17) is 9.47 Å². The number of carbonyl (C=O) groups is 3. The van der Waals surface area contributed by atoms with Gasteiger partial charge in [0.05, 0.1) is 34.9 Å². The van der Waals surface area contributed by atoms with Gasteiger partial charge in [0.2, 0.25) is 10.0 Å². The van der Waals surface area contributed by atoms with E-state index in [9.17, 15) is 22.8 Å². The van der Waals surface area contributed by atoms with E-state index >= 15 is 0 Å². The van der Waals surface area contributed by atoms with Gasteiger partial charge in [-0.1, -0.05) is 12.5 Å². The summed E-state index contributed by atoms with van der Waals surface area (Å²) in [6, 6.07) is 5.10. The van der Waals surface area contributed by atoms with Gasteiger partial charge in [0.25, 0.3) is 0 Å². The van der Waals surface area contributed by atoms with Gasteiger partial charge in [-0.2, -0.15) is 4.31 Å². The van der Waals surface area contributed by atoms with E-state index in [1.54, 1.807) is 6.92 Å². The molecule has 2 amide bonds. The molecule has 168 valence electrons. The third-order valence-corrected chi connectivity index (χ3v) is 6.84. The molecule has 11 heteroatoms. The fraction of sp³-hybridized carbons (Fsp3) is 0.450. The van der Waals surface area contributed by atoms with Crippen molar-refractivity contribution < 1.29 is 32.3 Å². The van der Waals surface area contributed by atoms with Gasteiger partial charge in [0, 0.05) is 13.1 Å². The topological polar surface area (TPSA) is 131 Å². The van der Waals surface area contributed by atoms with Crippen molar-refractivity contribution in [2.45, 2.75) is 31.1 Å². The number of nitrogens with zero attached hydrogens (tertiary/aromatic N) is 1. The zero-order valence-corrected chi connectivity index (χ0v) is 18.0. The Balaban J connectivity index is 1.74. The van der Waals surface area contributed by atoms with Crippen LogP contribution in [-0.4, -0.2) is 63.5 Å². The van der Waals surface area contributed by atoms with Gasteiger partial charge < -0.3 is 20.1 Å². The molecule has 2 heterocycles. The Kier molecular flexibility index (Phi) is 7.29. The standard InChI is InChI=1S/C20H25N3O7S/c1-2-29-19(25)16-12-21-20(26)22-17(16)13-30-18(24)14-7-6-8-15(11-14)31(27,28)23-9-4-3-5-10-23/h6-8,11H,2-5,9-10,12-13H2,1H3,(H2,21,22,26). The molecule has 31 heavy (non-hydrogen) atoms. The van der Waals surface area contributed by atoms with Crippen molar-refractivity contribution in [3.8, 4) is 0 Å². The van der Waals surface area contributed by atoms with Crippen LogP contribution >= 0.6 is 0 Å². The lowest BCUT2D eigenvalue weighted by Crippen LogP contribution is -2.45. The van der Waals surface area contributed by atoms with Crippen LogP contribution in [-0.2, 0) is 24.3 Å². The van der Waals surface area contributed by atoms with Gasteiger partial charge in [-0.15, -0.1) is 0 Å². The highest BCUT2D eigenvalue weighted by atomic mass is 32.2. The molecule has 2 aliphatic rings. The lowest BCUT2D eigenvalue weighted by Gasteiger charge is -2.26. The quantitative estimate of drug-likeness (QED) is 0.595. The van der Waals surface area contributed by atoms with Crippen LogP contribution in [0.1, 0.15) is 36.5 Å². The minimum absolute atomic E-state index is 0.0189. The van der Waals surface area contributed by atoms with Crippen molar-refractivity contribution >= 4 is 28.0 Å². The Bertz CT molecular complexity index is 998. The number of benzene rings is 1. The van der Waals surface area contributed by atoms with E-state index in [2.05, 4.69) is 10.6 Å². The molecule has 3 rings (SSSR count). The number of nitrogens with one attached hydrogen (secondary N) is 2. The lowest BCUT2D eigenvalue weighted by molar-refractivity contribution is -0.138. The highest BCUT2D eigenvalue weighted by molar-refractivity contribution is 7.89. The van der Waals surface area contributed by atoms with Crippen molar-refractivity contribution in [2.24, 2.45) is 0 Å². The normalized spacial score (nSPS) is 17.5. The molecule has 0 saturated carbocycles. The number of amides is 2. The van der Waals surface area contributed by atoms with E-state index in [-0.39, 0.29) is 41.5 Å². The summed E-state index contributed by atoms with van der Waals surface area (Å²) in [7, 11) is -3.70. The number of piperidine rings is 1. The van der Waals surface area contributed by atoms with Crippen LogP contribution in [0.2, 0.25) is 0 Å². The van der Waals surface area contributed by atoms with Gasteiger partial charge in [0.15, 0.2) is 0 Å². The Morgan fingerprint density at radius 3 is 2.55 bits per heavy atom. The van der Waals surface area contributed by atoms with Crippen molar-refractivity contribution in [3.05, 3.63) is 41.1 Å². The zero-order valence-electron chi connectivity index (χ0n) is 17.2. The number of hydrogen-bond donors (Lipinski definition) is 2. The van der Waals surface area contributed by atoms with Crippen molar-refractivity contribution in [1.82, 2.24) is 14.9 Å². The summed E-state index contributed by atoms with van der Waals surface area (Å²) < 4.78 is 37.3. The molecule has 1 fully saturated rings.